The van der Waals surface area contributed by atoms with Crippen LogP contribution in [0.2, 0.25) is 0 Å². The lowest BCUT2D eigenvalue weighted by Crippen LogP contribution is -1.96. The summed E-state index contributed by atoms with van der Waals surface area (Å²) in [5.41, 5.74) is 0.843. The number of thioether (sulfide) groups is 1. The Balaban J connectivity index is 2.20. The van der Waals surface area contributed by atoms with E-state index in [4.69, 9.17) is 4.42 Å². The normalized spacial score (nSPS) is 13.2. The van der Waals surface area contributed by atoms with Crippen LogP contribution in [0.25, 0.3) is 11.0 Å². The summed E-state index contributed by atoms with van der Waals surface area (Å²) in [7, 11) is 0. The number of fused-ring (bicyclic) bond motifs is 1. The van der Waals surface area contributed by atoms with Crippen LogP contribution in [-0.4, -0.2) is 17.1 Å². The van der Waals surface area contributed by atoms with Crippen molar-refractivity contribution in [3.63, 3.8) is 0 Å². The molecule has 2 rings (SSSR count). The summed E-state index contributed by atoms with van der Waals surface area (Å²) in [5, 5.41) is 10.9. The van der Waals surface area contributed by atoms with E-state index in [1.807, 2.05) is 36.6 Å². The minimum absolute atomic E-state index is 0.482. The number of rotatable bonds is 4. The fourth-order valence-electron chi connectivity index (χ4n) is 1.54. The van der Waals surface area contributed by atoms with Gasteiger partial charge in [-0.2, -0.15) is 11.8 Å². The van der Waals surface area contributed by atoms with Crippen LogP contribution >= 0.6 is 11.8 Å². The lowest BCUT2D eigenvalue weighted by Gasteiger charge is -2.04. The Hall–Kier alpha value is -0.930. The van der Waals surface area contributed by atoms with Crippen LogP contribution in [0.4, 0.5) is 0 Å². The molecule has 15 heavy (non-hydrogen) atoms. The molecule has 1 aromatic carbocycles. The molecule has 2 nitrogen and oxygen atoms in total. The number of aliphatic hydroxyl groups is 1. The first kappa shape index (κ1) is 10.6. The SMILES string of the molecule is CSCCC(O)c1cc2ccccc2o1. The molecular formula is C12H14O2S. The molecule has 0 radical (unpaired) electrons. The minimum Gasteiger partial charge on any atom is -0.458 e. The number of benzene rings is 1. The molecule has 0 saturated heterocycles. The van der Waals surface area contributed by atoms with E-state index in [2.05, 4.69) is 0 Å². The smallest absolute Gasteiger partial charge is 0.134 e. The summed E-state index contributed by atoms with van der Waals surface area (Å²) in [6.45, 7) is 0. The Morgan fingerprint density at radius 2 is 2.20 bits per heavy atom. The van der Waals surface area contributed by atoms with Crippen molar-refractivity contribution in [3.05, 3.63) is 36.1 Å². The summed E-state index contributed by atoms with van der Waals surface area (Å²) in [6, 6.07) is 9.73. The van der Waals surface area contributed by atoms with Crippen molar-refractivity contribution >= 4 is 22.7 Å². The van der Waals surface area contributed by atoms with Crippen LogP contribution in [0.15, 0.2) is 34.7 Å². The second-order valence-electron chi connectivity index (χ2n) is 3.48. The molecule has 1 heterocycles. The van der Waals surface area contributed by atoms with E-state index in [1.165, 1.54) is 0 Å². The highest BCUT2D eigenvalue weighted by Crippen LogP contribution is 2.25. The fraction of sp³-hybridized carbons (Fsp3) is 0.333. The Morgan fingerprint density at radius 1 is 1.40 bits per heavy atom. The summed E-state index contributed by atoms with van der Waals surface area (Å²) in [5.74, 6) is 1.61. The van der Waals surface area contributed by atoms with Crippen molar-refractivity contribution in [2.75, 3.05) is 12.0 Å². The second-order valence-corrected chi connectivity index (χ2v) is 4.47. The van der Waals surface area contributed by atoms with Gasteiger partial charge in [-0.15, -0.1) is 0 Å². The van der Waals surface area contributed by atoms with Crippen molar-refractivity contribution < 1.29 is 9.52 Å². The number of aliphatic hydroxyl groups excluding tert-OH is 1. The topological polar surface area (TPSA) is 33.4 Å². The van der Waals surface area contributed by atoms with Crippen LogP contribution < -0.4 is 0 Å². The van der Waals surface area contributed by atoms with Gasteiger partial charge in [-0.3, -0.25) is 0 Å². The Morgan fingerprint density at radius 3 is 2.93 bits per heavy atom. The van der Waals surface area contributed by atoms with Gasteiger partial charge in [0.1, 0.15) is 17.4 Å². The minimum atomic E-state index is -0.482. The lowest BCUT2D eigenvalue weighted by molar-refractivity contribution is 0.149. The summed E-state index contributed by atoms with van der Waals surface area (Å²) in [6.07, 6.45) is 2.29. The van der Waals surface area contributed by atoms with E-state index >= 15 is 0 Å². The zero-order chi connectivity index (χ0) is 10.7. The highest BCUT2D eigenvalue weighted by atomic mass is 32.2. The van der Waals surface area contributed by atoms with Gasteiger partial charge in [-0.25, -0.2) is 0 Å². The molecule has 3 heteroatoms. The molecule has 0 amide bonds. The van der Waals surface area contributed by atoms with Crippen LogP contribution in [0.5, 0.6) is 0 Å². The monoisotopic (exact) mass is 222 g/mol. The third-order valence-corrected chi connectivity index (χ3v) is 3.01. The molecule has 0 aliphatic carbocycles. The molecule has 0 bridgehead atoms. The van der Waals surface area contributed by atoms with E-state index in [0.29, 0.717) is 5.76 Å². The molecular weight excluding hydrogens is 208 g/mol. The molecule has 0 aliphatic rings. The van der Waals surface area contributed by atoms with Gasteiger partial charge in [0, 0.05) is 5.39 Å². The molecule has 0 saturated carbocycles. The van der Waals surface area contributed by atoms with E-state index in [-0.39, 0.29) is 0 Å². The van der Waals surface area contributed by atoms with Gasteiger partial charge in [0.25, 0.3) is 0 Å². The predicted molar refractivity (Wildman–Crippen MR) is 64.2 cm³/mol. The van der Waals surface area contributed by atoms with Gasteiger partial charge in [-0.1, -0.05) is 18.2 Å². The first-order chi connectivity index (χ1) is 7.31. The third kappa shape index (κ3) is 2.36. The molecule has 0 fully saturated rings. The number of hydrogen-bond donors (Lipinski definition) is 1. The standard InChI is InChI=1S/C12H14O2S/c1-15-7-6-10(13)12-8-9-4-2-3-5-11(9)14-12/h2-5,8,10,13H,6-7H2,1H3. The number of hydrogen-bond acceptors (Lipinski definition) is 3. The zero-order valence-electron chi connectivity index (χ0n) is 8.64. The van der Waals surface area contributed by atoms with E-state index < -0.39 is 6.10 Å². The van der Waals surface area contributed by atoms with Crippen LogP contribution in [-0.2, 0) is 0 Å². The Kier molecular flexibility index (Phi) is 3.34. The van der Waals surface area contributed by atoms with Crippen molar-refractivity contribution in [3.8, 4) is 0 Å². The molecule has 1 N–H and O–H groups in total. The van der Waals surface area contributed by atoms with E-state index in [9.17, 15) is 5.11 Å². The summed E-state index contributed by atoms with van der Waals surface area (Å²) in [4.78, 5) is 0. The quantitative estimate of drug-likeness (QED) is 0.862. The third-order valence-electron chi connectivity index (χ3n) is 2.37. The van der Waals surface area contributed by atoms with E-state index in [1.54, 1.807) is 11.8 Å². The maximum atomic E-state index is 9.85. The van der Waals surface area contributed by atoms with Gasteiger partial charge in [-0.05, 0) is 30.6 Å². The van der Waals surface area contributed by atoms with Crippen LogP contribution in [0, 0.1) is 0 Å². The summed E-state index contributed by atoms with van der Waals surface area (Å²) >= 11 is 1.73. The molecule has 2 aromatic rings. The van der Waals surface area contributed by atoms with Crippen molar-refractivity contribution in [2.24, 2.45) is 0 Å². The highest BCUT2D eigenvalue weighted by molar-refractivity contribution is 7.98. The molecule has 1 atom stereocenters. The first-order valence-electron chi connectivity index (χ1n) is 4.96. The average Bonchev–Trinajstić information content (AvgIpc) is 2.69. The first-order valence-corrected chi connectivity index (χ1v) is 6.36. The molecule has 1 aromatic heterocycles. The molecule has 1 unspecified atom stereocenters. The van der Waals surface area contributed by atoms with E-state index in [0.717, 1.165) is 23.1 Å². The number of para-hydroxylation sites is 1. The lowest BCUT2D eigenvalue weighted by atomic mass is 10.2. The van der Waals surface area contributed by atoms with Gasteiger partial charge in [0.05, 0.1) is 0 Å². The Bertz CT molecular complexity index is 403. The maximum Gasteiger partial charge on any atom is 0.134 e. The predicted octanol–water partition coefficient (Wildman–Crippen LogP) is 3.22. The van der Waals surface area contributed by atoms with Gasteiger partial charge in [0.15, 0.2) is 0 Å². The van der Waals surface area contributed by atoms with Crippen LogP contribution in [0.3, 0.4) is 0 Å². The second kappa shape index (κ2) is 4.73. The van der Waals surface area contributed by atoms with Crippen LogP contribution in [0.1, 0.15) is 18.3 Å². The molecule has 80 valence electrons. The fourth-order valence-corrected chi connectivity index (χ4v) is 2.00. The van der Waals surface area contributed by atoms with Gasteiger partial charge in [0.2, 0.25) is 0 Å². The largest absolute Gasteiger partial charge is 0.458 e. The maximum absolute atomic E-state index is 9.85. The van der Waals surface area contributed by atoms with Crippen molar-refractivity contribution in [2.45, 2.75) is 12.5 Å². The zero-order valence-corrected chi connectivity index (χ0v) is 9.46. The van der Waals surface area contributed by atoms with Crippen molar-refractivity contribution in [1.82, 2.24) is 0 Å². The van der Waals surface area contributed by atoms with Gasteiger partial charge < -0.3 is 9.52 Å². The molecule has 0 aliphatic heterocycles. The summed E-state index contributed by atoms with van der Waals surface area (Å²) < 4.78 is 5.57. The highest BCUT2D eigenvalue weighted by Gasteiger charge is 2.12. The number of furan rings is 1. The van der Waals surface area contributed by atoms with Crippen molar-refractivity contribution in [1.29, 1.82) is 0 Å². The van der Waals surface area contributed by atoms with Gasteiger partial charge >= 0.3 is 0 Å². The average molecular weight is 222 g/mol. The molecule has 0 spiro atoms. The Labute approximate surface area is 93.3 Å².